The van der Waals surface area contributed by atoms with E-state index in [1.807, 2.05) is 11.0 Å². The minimum Gasteiger partial charge on any atom is -0.486 e. The molecule has 2 N–H and O–H groups in total. The van der Waals surface area contributed by atoms with Crippen LogP contribution in [0.2, 0.25) is 0 Å². The number of amides is 1. The van der Waals surface area contributed by atoms with Gasteiger partial charge in [-0.05, 0) is 37.5 Å². The minimum atomic E-state index is -0.139. The van der Waals surface area contributed by atoms with Crippen LogP contribution in [-0.4, -0.2) is 62.7 Å². The maximum atomic E-state index is 11.7. The minimum absolute atomic E-state index is 0. The van der Waals surface area contributed by atoms with Gasteiger partial charge in [0.15, 0.2) is 17.5 Å². The summed E-state index contributed by atoms with van der Waals surface area (Å²) >= 11 is 0. The predicted octanol–water partition coefficient (Wildman–Crippen LogP) is 2.92. The van der Waals surface area contributed by atoms with Crippen molar-refractivity contribution in [2.24, 2.45) is 4.99 Å². The van der Waals surface area contributed by atoms with Crippen molar-refractivity contribution in [1.82, 2.24) is 15.5 Å². The molecule has 1 amide bonds. The Morgan fingerprint density at radius 1 is 1.20 bits per heavy atom. The Morgan fingerprint density at radius 2 is 1.97 bits per heavy atom. The van der Waals surface area contributed by atoms with Crippen LogP contribution < -0.4 is 20.1 Å². The van der Waals surface area contributed by atoms with Crippen molar-refractivity contribution < 1.29 is 14.3 Å². The molecule has 0 bridgehead atoms. The first-order chi connectivity index (χ1) is 14.0. The van der Waals surface area contributed by atoms with Gasteiger partial charge in [-0.15, -0.1) is 24.0 Å². The maximum Gasteiger partial charge on any atom is 0.222 e. The third-order valence-electron chi connectivity index (χ3n) is 5.37. The SMILES string of the molecule is CCNC(=NCC(C)(C)c1ccc2c(c1)OCCO2)NCCCN1CCCC1=O.I. The lowest BCUT2D eigenvalue weighted by Crippen LogP contribution is -2.40. The normalized spacial score (nSPS) is 16.3. The van der Waals surface area contributed by atoms with E-state index in [0.29, 0.717) is 26.2 Å². The van der Waals surface area contributed by atoms with Crippen molar-refractivity contribution in [2.75, 3.05) is 45.9 Å². The second-order valence-corrected chi connectivity index (χ2v) is 8.20. The summed E-state index contributed by atoms with van der Waals surface area (Å²) in [6.07, 6.45) is 2.61. The summed E-state index contributed by atoms with van der Waals surface area (Å²) < 4.78 is 11.3. The number of fused-ring (bicyclic) bond motifs is 1. The Balaban J connectivity index is 0.00000320. The van der Waals surface area contributed by atoms with Crippen LogP contribution in [0, 0.1) is 0 Å². The number of ether oxygens (including phenoxy) is 2. The van der Waals surface area contributed by atoms with E-state index in [1.165, 1.54) is 5.56 Å². The number of nitrogens with one attached hydrogen (secondary N) is 2. The van der Waals surface area contributed by atoms with Crippen molar-refractivity contribution in [3.8, 4) is 11.5 Å². The van der Waals surface area contributed by atoms with E-state index < -0.39 is 0 Å². The number of rotatable bonds is 8. The van der Waals surface area contributed by atoms with Crippen LogP contribution in [0.15, 0.2) is 23.2 Å². The molecule has 1 fully saturated rings. The number of likely N-dealkylation sites (tertiary alicyclic amines) is 1. The first kappa shape index (κ1) is 24.6. The summed E-state index contributed by atoms with van der Waals surface area (Å²) in [5, 5.41) is 6.70. The maximum absolute atomic E-state index is 11.7. The molecule has 2 aliphatic heterocycles. The van der Waals surface area contributed by atoms with Crippen LogP contribution in [0.5, 0.6) is 11.5 Å². The molecule has 0 atom stereocenters. The highest BCUT2D eigenvalue weighted by atomic mass is 127. The number of halogens is 1. The number of hydrogen-bond acceptors (Lipinski definition) is 4. The smallest absolute Gasteiger partial charge is 0.222 e. The molecule has 1 saturated heterocycles. The van der Waals surface area contributed by atoms with Crippen LogP contribution in [0.1, 0.15) is 45.6 Å². The predicted molar refractivity (Wildman–Crippen MR) is 130 cm³/mol. The Morgan fingerprint density at radius 3 is 2.67 bits per heavy atom. The van der Waals surface area contributed by atoms with Crippen molar-refractivity contribution in [2.45, 2.75) is 45.4 Å². The number of aliphatic imine (C=N–C) groups is 1. The molecule has 0 unspecified atom stereocenters. The van der Waals surface area contributed by atoms with Crippen molar-refractivity contribution in [1.29, 1.82) is 0 Å². The van der Waals surface area contributed by atoms with Crippen molar-refractivity contribution in [3.63, 3.8) is 0 Å². The highest BCUT2D eigenvalue weighted by Crippen LogP contribution is 2.35. The molecule has 3 rings (SSSR count). The largest absolute Gasteiger partial charge is 0.486 e. The zero-order valence-electron chi connectivity index (χ0n) is 18.3. The summed E-state index contributed by atoms with van der Waals surface area (Å²) in [5.74, 6) is 2.72. The molecule has 1 aromatic rings. The van der Waals surface area contributed by atoms with E-state index in [2.05, 4.69) is 43.5 Å². The fourth-order valence-corrected chi connectivity index (χ4v) is 3.59. The zero-order valence-corrected chi connectivity index (χ0v) is 20.7. The number of hydrogen-bond donors (Lipinski definition) is 2. The number of guanidine groups is 1. The van der Waals surface area contributed by atoms with Crippen LogP contribution in [-0.2, 0) is 10.2 Å². The third-order valence-corrected chi connectivity index (χ3v) is 5.37. The van der Waals surface area contributed by atoms with E-state index >= 15 is 0 Å². The van der Waals surface area contributed by atoms with E-state index in [0.717, 1.165) is 56.5 Å². The lowest BCUT2D eigenvalue weighted by molar-refractivity contribution is -0.127. The lowest BCUT2D eigenvalue weighted by atomic mass is 9.84. The van der Waals surface area contributed by atoms with Gasteiger partial charge in [0.1, 0.15) is 13.2 Å². The molecule has 0 aliphatic carbocycles. The zero-order chi connectivity index (χ0) is 20.7. The van der Waals surface area contributed by atoms with Gasteiger partial charge < -0.3 is 25.0 Å². The van der Waals surface area contributed by atoms with Gasteiger partial charge in [0, 0.05) is 38.0 Å². The Hall–Kier alpha value is -1.71. The first-order valence-corrected chi connectivity index (χ1v) is 10.7. The average Bonchev–Trinajstić information content (AvgIpc) is 3.13. The molecular weight excluding hydrogens is 495 g/mol. The molecule has 0 spiro atoms. The molecule has 0 radical (unpaired) electrons. The number of carbonyl (C=O) groups is 1. The molecule has 0 saturated carbocycles. The van der Waals surface area contributed by atoms with Gasteiger partial charge in [-0.2, -0.15) is 0 Å². The molecule has 7 nitrogen and oxygen atoms in total. The van der Waals surface area contributed by atoms with Gasteiger partial charge >= 0.3 is 0 Å². The van der Waals surface area contributed by atoms with E-state index in [4.69, 9.17) is 14.5 Å². The molecule has 1 aromatic carbocycles. The second-order valence-electron chi connectivity index (χ2n) is 8.20. The van der Waals surface area contributed by atoms with Gasteiger partial charge in [-0.1, -0.05) is 19.9 Å². The highest BCUT2D eigenvalue weighted by molar-refractivity contribution is 14.0. The number of nitrogens with zero attached hydrogens (tertiary/aromatic N) is 2. The molecule has 2 heterocycles. The quantitative estimate of drug-likeness (QED) is 0.234. The summed E-state index contributed by atoms with van der Waals surface area (Å²) in [7, 11) is 0. The highest BCUT2D eigenvalue weighted by Gasteiger charge is 2.24. The van der Waals surface area contributed by atoms with Crippen LogP contribution >= 0.6 is 24.0 Å². The van der Waals surface area contributed by atoms with Crippen LogP contribution in [0.25, 0.3) is 0 Å². The average molecular weight is 530 g/mol. The Kier molecular flexibility index (Phi) is 9.51. The third kappa shape index (κ3) is 6.65. The van der Waals surface area contributed by atoms with Gasteiger partial charge in [0.05, 0.1) is 6.54 Å². The van der Waals surface area contributed by atoms with E-state index in [1.54, 1.807) is 0 Å². The van der Waals surface area contributed by atoms with Crippen molar-refractivity contribution in [3.05, 3.63) is 23.8 Å². The topological polar surface area (TPSA) is 75.2 Å². The Labute approximate surface area is 197 Å². The van der Waals surface area contributed by atoms with Crippen molar-refractivity contribution >= 4 is 35.8 Å². The summed E-state index contributed by atoms with van der Waals surface area (Å²) in [4.78, 5) is 18.4. The lowest BCUT2D eigenvalue weighted by Gasteiger charge is -2.26. The van der Waals surface area contributed by atoms with Crippen LogP contribution in [0.3, 0.4) is 0 Å². The molecule has 168 valence electrons. The van der Waals surface area contributed by atoms with E-state index in [9.17, 15) is 4.79 Å². The monoisotopic (exact) mass is 530 g/mol. The van der Waals surface area contributed by atoms with Crippen LogP contribution in [0.4, 0.5) is 0 Å². The fraction of sp³-hybridized carbons (Fsp3) is 0.636. The summed E-state index contributed by atoms with van der Waals surface area (Å²) in [6.45, 7) is 11.6. The van der Waals surface area contributed by atoms with Gasteiger partial charge in [0.2, 0.25) is 5.91 Å². The first-order valence-electron chi connectivity index (χ1n) is 10.7. The van der Waals surface area contributed by atoms with Gasteiger partial charge in [-0.3, -0.25) is 9.79 Å². The van der Waals surface area contributed by atoms with Gasteiger partial charge in [-0.25, -0.2) is 0 Å². The molecular formula is C22H35IN4O3. The standard InChI is InChI=1S/C22H34N4O3.HI/c1-4-23-21(24-10-6-12-26-11-5-7-20(26)27)25-16-22(2,3)17-8-9-18-19(15-17)29-14-13-28-18;/h8-9,15H,4-7,10-14,16H2,1-3H3,(H2,23,24,25);1H. The molecule has 30 heavy (non-hydrogen) atoms. The summed E-state index contributed by atoms with van der Waals surface area (Å²) in [5.41, 5.74) is 1.04. The molecule has 2 aliphatic rings. The molecule has 8 heteroatoms. The van der Waals surface area contributed by atoms with E-state index in [-0.39, 0.29) is 35.3 Å². The van der Waals surface area contributed by atoms with Gasteiger partial charge in [0.25, 0.3) is 0 Å². The number of carbonyl (C=O) groups excluding carboxylic acids is 1. The molecule has 0 aromatic heterocycles. The Bertz CT molecular complexity index is 739. The number of benzene rings is 1. The fourth-order valence-electron chi connectivity index (χ4n) is 3.59. The second kappa shape index (κ2) is 11.6. The summed E-state index contributed by atoms with van der Waals surface area (Å²) in [6, 6.07) is 6.15.